The summed E-state index contributed by atoms with van der Waals surface area (Å²) in [5.41, 5.74) is 0.157. The highest BCUT2D eigenvalue weighted by Gasteiger charge is 2.28. The number of ketones is 1. The largest absolute Gasteiger partial charge is 0.463 e. The van der Waals surface area contributed by atoms with E-state index >= 15 is 0 Å². The second-order valence-corrected chi connectivity index (χ2v) is 4.66. The Kier molecular flexibility index (Phi) is 4.58. The highest BCUT2D eigenvalue weighted by Crippen LogP contribution is 2.24. The number of nitro groups is 1. The van der Waals surface area contributed by atoms with Crippen LogP contribution < -0.4 is 5.01 Å². The van der Waals surface area contributed by atoms with Gasteiger partial charge in [0.25, 0.3) is 11.5 Å². The first kappa shape index (κ1) is 16.4. The zero-order chi connectivity index (χ0) is 17.1. The zero-order valence-electron chi connectivity index (χ0n) is 13.0. The number of methoxy groups -OCH3 is 1. The van der Waals surface area contributed by atoms with Crippen molar-refractivity contribution in [2.24, 2.45) is 0 Å². The van der Waals surface area contributed by atoms with Gasteiger partial charge in [-0.3, -0.25) is 19.9 Å². The van der Waals surface area contributed by atoms with Crippen molar-refractivity contribution in [3.8, 4) is 0 Å². The molecule has 0 atom stereocenters. The molecule has 2 rings (SSSR count). The molecule has 1 heterocycles. The Morgan fingerprint density at radius 1 is 1.35 bits per heavy atom. The fourth-order valence-electron chi connectivity index (χ4n) is 2.27. The molecule has 0 aliphatic rings. The van der Waals surface area contributed by atoms with Gasteiger partial charge in [-0.15, -0.1) is 0 Å². The minimum Gasteiger partial charge on any atom is -0.463 e. The first-order valence-corrected chi connectivity index (χ1v) is 6.99. The third kappa shape index (κ3) is 2.85. The van der Waals surface area contributed by atoms with Crippen molar-refractivity contribution in [1.82, 2.24) is 9.89 Å². The normalized spacial score (nSPS) is 10.6. The molecule has 23 heavy (non-hydrogen) atoms. The summed E-state index contributed by atoms with van der Waals surface area (Å²) in [5.74, 6) is -1.95. The van der Waals surface area contributed by atoms with Crippen LogP contribution in [-0.4, -0.2) is 46.8 Å². The van der Waals surface area contributed by atoms with E-state index in [1.807, 2.05) is 13.8 Å². The number of benzene rings is 1. The second-order valence-electron chi connectivity index (χ2n) is 4.66. The van der Waals surface area contributed by atoms with Crippen molar-refractivity contribution in [3.63, 3.8) is 0 Å². The molecule has 0 bridgehead atoms. The van der Waals surface area contributed by atoms with Crippen LogP contribution in [0.3, 0.4) is 0 Å². The Bertz CT molecular complexity index is 779. The standard InChI is InChI=1S/C14H16N4O5/c1-4-16(5-2)17-12(13(19)14(20)23-3)10-8-9(18(21)22)6-7-11(10)15-17/h6-8H,4-5H2,1-3H3. The molecule has 9 nitrogen and oxygen atoms in total. The molecule has 1 aromatic heterocycles. The lowest BCUT2D eigenvalue weighted by Gasteiger charge is -2.22. The number of esters is 1. The van der Waals surface area contributed by atoms with Gasteiger partial charge in [0.05, 0.1) is 17.5 Å². The third-order valence-corrected chi connectivity index (χ3v) is 3.43. The number of aromatic nitrogens is 2. The van der Waals surface area contributed by atoms with Crippen LogP contribution in [0.1, 0.15) is 24.3 Å². The van der Waals surface area contributed by atoms with Crippen LogP contribution >= 0.6 is 0 Å². The van der Waals surface area contributed by atoms with Crippen LogP contribution in [0.15, 0.2) is 18.2 Å². The van der Waals surface area contributed by atoms with Crippen molar-refractivity contribution in [2.45, 2.75) is 13.8 Å². The molecule has 0 aliphatic carbocycles. The minimum absolute atomic E-state index is 0.0424. The quantitative estimate of drug-likeness (QED) is 0.259. The maximum absolute atomic E-state index is 12.4. The number of Topliss-reactive ketones (excluding diaryl/α,β-unsaturated/α-hetero) is 1. The summed E-state index contributed by atoms with van der Waals surface area (Å²) in [5, 5.41) is 17.2. The maximum atomic E-state index is 12.4. The van der Waals surface area contributed by atoms with Crippen molar-refractivity contribution in [1.29, 1.82) is 0 Å². The molecule has 0 saturated heterocycles. The molecule has 0 N–H and O–H groups in total. The lowest BCUT2D eigenvalue weighted by Crippen LogP contribution is -2.38. The van der Waals surface area contributed by atoms with Gasteiger partial charge >= 0.3 is 5.97 Å². The number of hydrogen-bond donors (Lipinski definition) is 0. The van der Waals surface area contributed by atoms with Crippen LogP contribution in [0.4, 0.5) is 5.69 Å². The summed E-state index contributed by atoms with van der Waals surface area (Å²) < 4.78 is 4.48. The number of carbonyl (C=O) groups is 2. The molecule has 1 aromatic carbocycles. The molecule has 0 unspecified atom stereocenters. The fourth-order valence-corrected chi connectivity index (χ4v) is 2.27. The average Bonchev–Trinajstić information content (AvgIpc) is 2.92. The van der Waals surface area contributed by atoms with Crippen molar-refractivity contribution in [3.05, 3.63) is 34.0 Å². The Hall–Kier alpha value is -2.97. The summed E-state index contributed by atoms with van der Waals surface area (Å²) >= 11 is 0. The van der Waals surface area contributed by atoms with Gasteiger partial charge in [-0.25, -0.2) is 4.79 Å². The molecule has 9 heteroatoms. The number of non-ortho nitro benzene ring substituents is 1. The number of nitrogens with zero attached hydrogens (tertiary/aromatic N) is 4. The molecule has 0 spiro atoms. The molecule has 2 aromatic rings. The number of ether oxygens (including phenoxy) is 1. The average molecular weight is 320 g/mol. The van der Waals surface area contributed by atoms with Crippen LogP contribution in [0, 0.1) is 10.1 Å². The van der Waals surface area contributed by atoms with E-state index < -0.39 is 16.7 Å². The van der Waals surface area contributed by atoms with Crippen LogP contribution in [0.5, 0.6) is 0 Å². The highest BCUT2D eigenvalue weighted by atomic mass is 16.6. The van der Waals surface area contributed by atoms with E-state index in [1.165, 1.54) is 23.0 Å². The number of carbonyl (C=O) groups excluding carboxylic acids is 2. The van der Waals surface area contributed by atoms with E-state index in [0.717, 1.165) is 7.11 Å². The maximum Gasteiger partial charge on any atom is 0.381 e. The number of rotatable bonds is 6. The van der Waals surface area contributed by atoms with Gasteiger partial charge in [0, 0.05) is 30.6 Å². The first-order chi connectivity index (χ1) is 10.9. The predicted octanol–water partition coefficient (Wildman–Crippen LogP) is 1.28. The van der Waals surface area contributed by atoms with Crippen LogP contribution in [0.25, 0.3) is 10.9 Å². The number of hydrogen-bond acceptors (Lipinski definition) is 7. The van der Waals surface area contributed by atoms with Gasteiger partial charge in [0.2, 0.25) is 0 Å². The summed E-state index contributed by atoms with van der Waals surface area (Å²) in [6.45, 7) is 4.80. The fraction of sp³-hybridized carbons (Fsp3) is 0.357. The van der Waals surface area contributed by atoms with Gasteiger partial charge < -0.3 is 4.74 Å². The van der Waals surface area contributed by atoms with Crippen molar-refractivity contribution >= 4 is 28.3 Å². The highest BCUT2D eigenvalue weighted by molar-refractivity contribution is 6.42. The summed E-state index contributed by atoms with van der Waals surface area (Å²) in [6.07, 6.45) is 0. The topological polar surface area (TPSA) is 108 Å². The molecular weight excluding hydrogens is 304 g/mol. The lowest BCUT2D eigenvalue weighted by molar-refractivity contribution is -0.384. The molecular formula is C14H16N4O5. The Labute approximate surface area is 131 Å². The molecule has 0 radical (unpaired) electrons. The Morgan fingerprint density at radius 3 is 2.52 bits per heavy atom. The monoisotopic (exact) mass is 320 g/mol. The van der Waals surface area contributed by atoms with Gasteiger partial charge in [-0.05, 0) is 19.9 Å². The third-order valence-electron chi connectivity index (χ3n) is 3.43. The Morgan fingerprint density at radius 2 is 2.00 bits per heavy atom. The summed E-state index contributed by atoms with van der Waals surface area (Å²) in [6, 6.07) is 3.98. The number of nitro benzene ring substituents is 1. The smallest absolute Gasteiger partial charge is 0.381 e. The van der Waals surface area contributed by atoms with Crippen molar-refractivity contribution < 1.29 is 19.2 Å². The molecule has 0 amide bonds. The van der Waals surface area contributed by atoms with Gasteiger partial charge in [0.1, 0.15) is 5.69 Å². The van der Waals surface area contributed by atoms with E-state index in [2.05, 4.69) is 9.84 Å². The minimum atomic E-state index is -1.05. The van der Waals surface area contributed by atoms with Crippen LogP contribution in [-0.2, 0) is 9.53 Å². The second kappa shape index (κ2) is 6.42. The molecule has 0 saturated carbocycles. The SMILES string of the molecule is CCN(CC)n1nc2ccc([N+](=O)[O-])cc2c1C(=O)C(=O)OC. The summed E-state index contributed by atoms with van der Waals surface area (Å²) in [7, 11) is 1.10. The van der Waals surface area contributed by atoms with Crippen molar-refractivity contribution in [2.75, 3.05) is 25.2 Å². The van der Waals surface area contributed by atoms with Gasteiger partial charge in [-0.1, -0.05) is 0 Å². The summed E-state index contributed by atoms with van der Waals surface area (Å²) in [4.78, 5) is 35.7. The first-order valence-electron chi connectivity index (χ1n) is 6.99. The van der Waals surface area contributed by atoms with E-state index in [1.54, 1.807) is 5.01 Å². The van der Waals surface area contributed by atoms with E-state index in [-0.39, 0.29) is 16.8 Å². The molecule has 0 aliphatic heterocycles. The lowest BCUT2D eigenvalue weighted by atomic mass is 10.1. The molecule has 122 valence electrons. The predicted molar refractivity (Wildman–Crippen MR) is 82.0 cm³/mol. The van der Waals surface area contributed by atoms with Gasteiger partial charge in [0.15, 0.2) is 0 Å². The van der Waals surface area contributed by atoms with E-state index in [4.69, 9.17) is 0 Å². The van der Waals surface area contributed by atoms with Crippen LogP contribution in [0.2, 0.25) is 0 Å². The molecule has 0 fully saturated rings. The Balaban J connectivity index is 2.76. The van der Waals surface area contributed by atoms with Gasteiger partial charge in [-0.2, -0.15) is 9.89 Å². The van der Waals surface area contributed by atoms with E-state index in [9.17, 15) is 19.7 Å². The zero-order valence-corrected chi connectivity index (χ0v) is 13.0. The van der Waals surface area contributed by atoms with E-state index in [0.29, 0.717) is 18.6 Å². The number of fused-ring (bicyclic) bond motifs is 1.